The maximum absolute atomic E-state index is 13.3. The SMILES string of the molecule is CC(C)c1ccccc1NC(=O)C(C)(C)C(=O)N1CCCc2ccccc21. The summed E-state index contributed by atoms with van der Waals surface area (Å²) in [6.45, 7) is 8.24. The molecule has 142 valence electrons. The fraction of sp³-hybridized carbons (Fsp3) is 0.391. The number of rotatable bonds is 4. The highest BCUT2D eigenvalue weighted by Crippen LogP contribution is 2.32. The molecule has 0 fully saturated rings. The van der Waals surface area contributed by atoms with E-state index in [1.807, 2.05) is 42.5 Å². The lowest BCUT2D eigenvalue weighted by Gasteiger charge is -2.35. The number of hydrogen-bond acceptors (Lipinski definition) is 2. The summed E-state index contributed by atoms with van der Waals surface area (Å²) in [4.78, 5) is 28.1. The van der Waals surface area contributed by atoms with Gasteiger partial charge in [0.25, 0.3) is 0 Å². The molecular weight excluding hydrogens is 336 g/mol. The van der Waals surface area contributed by atoms with E-state index >= 15 is 0 Å². The summed E-state index contributed by atoms with van der Waals surface area (Å²) in [5.74, 6) is -0.146. The van der Waals surface area contributed by atoms with Gasteiger partial charge in [-0.15, -0.1) is 0 Å². The second-order valence-electron chi connectivity index (χ2n) is 8.01. The predicted octanol–water partition coefficient (Wildman–Crippen LogP) is 4.75. The second-order valence-corrected chi connectivity index (χ2v) is 8.01. The Labute approximate surface area is 161 Å². The van der Waals surface area contributed by atoms with Gasteiger partial charge in [0.1, 0.15) is 5.41 Å². The number of para-hydroxylation sites is 2. The summed E-state index contributed by atoms with van der Waals surface area (Å²) in [5, 5.41) is 2.99. The van der Waals surface area contributed by atoms with Crippen LogP contribution in [0.3, 0.4) is 0 Å². The van der Waals surface area contributed by atoms with Gasteiger partial charge in [0.2, 0.25) is 11.8 Å². The van der Waals surface area contributed by atoms with Crippen molar-refractivity contribution in [3.63, 3.8) is 0 Å². The van der Waals surface area contributed by atoms with Crippen molar-refractivity contribution >= 4 is 23.2 Å². The summed E-state index contributed by atoms with van der Waals surface area (Å²) in [7, 11) is 0. The van der Waals surface area contributed by atoms with Crippen molar-refractivity contribution < 1.29 is 9.59 Å². The average molecular weight is 364 g/mol. The molecular formula is C23H28N2O2. The minimum atomic E-state index is -1.16. The van der Waals surface area contributed by atoms with Crippen LogP contribution in [0.1, 0.15) is 51.2 Å². The Balaban J connectivity index is 1.84. The van der Waals surface area contributed by atoms with Gasteiger partial charge in [0.15, 0.2) is 0 Å². The normalized spacial score (nSPS) is 14.0. The number of nitrogens with zero attached hydrogens (tertiary/aromatic N) is 1. The number of aryl methyl sites for hydroxylation is 1. The molecule has 2 amide bonds. The molecule has 2 aromatic rings. The molecule has 27 heavy (non-hydrogen) atoms. The summed E-state index contributed by atoms with van der Waals surface area (Å²) in [6, 6.07) is 15.7. The number of anilines is 2. The van der Waals surface area contributed by atoms with Crippen LogP contribution in [0.15, 0.2) is 48.5 Å². The van der Waals surface area contributed by atoms with Crippen molar-refractivity contribution in [2.24, 2.45) is 5.41 Å². The Morgan fingerprint density at radius 1 is 1.04 bits per heavy atom. The van der Waals surface area contributed by atoms with E-state index in [1.54, 1.807) is 18.7 Å². The minimum Gasteiger partial charge on any atom is -0.325 e. The van der Waals surface area contributed by atoms with Crippen molar-refractivity contribution in [1.82, 2.24) is 0 Å². The van der Waals surface area contributed by atoms with Gasteiger partial charge in [-0.2, -0.15) is 0 Å². The van der Waals surface area contributed by atoms with Gasteiger partial charge in [-0.05, 0) is 55.9 Å². The fourth-order valence-electron chi connectivity index (χ4n) is 3.57. The molecule has 1 aliphatic heterocycles. The van der Waals surface area contributed by atoms with Crippen LogP contribution in [0.2, 0.25) is 0 Å². The van der Waals surface area contributed by atoms with Crippen LogP contribution in [0, 0.1) is 5.41 Å². The summed E-state index contributed by atoms with van der Waals surface area (Å²) in [6.07, 6.45) is 1.88. The maximum atomic E-state index is 13.3. The topological polar surface area (TPSA) is 49.4 Å². The number of amides is 2. The zero-order chi connectivity index (χ0) is 19.6. The monoisotopic (exact) mass is 364 g/mol. The molecule has 0 saturated heterocycles. The van der Waals surface area contributed by atoms with Crippen LogP contribution in [-0.4, -0.2) is 18.4 Å². The third-order valence-corrected chi connectivity index (χ3v) is 5.29. The van der Waals surface area contributed by atoms with Gasteiger partial charge >= 0.3 is 0 Å². The zero-order valence-corrected chi connectivity index (χ0v) is 16.6. The molecule has 1 heterocycles. The van der Waals surface area contributed by atoms with E-state index in [1.165, 1.54) is 5.56 Å². The lowest BCUT2D eigenvalue weighted by Crippen LogP contribution is -2.49. The highest BCUT2D eigenvalue weighted by atomic mass is 16.2. The molecule has 4 nitrogen and oxygen atoms in total. The summed E-state index contributed by atoms with van der Waals surface area (Å²) in [5.41, 5.74) is 2.78. The highest BCUT2D eigenvalue weighted by Gasteiger charge is 2.41. The van der Waals surface area contributed by atoms with Crippen LogP contribution in [0.25, 0.3) is 0 Å². The third-order valence-electron chi connectivity index (χ3n) is 5.29. The molecule has 3 rings (SSSR count). The molecule has 2 aromatic carbocycles. The zero-order valence-electron chi connectivity index (χ0n) is 16.6. The second kappa shape index (κ2) is 7.55. The van der Waals surface area contributed by atoms with E-state index in [9.17, 15) is 9.59 Å². The quantitative estimate of drug-likeness (QED) is 0.796. The van der Waals surface area contributed by atoms with Gasteiger partial charge in [0.05, 0.1) is 0 Å². The number of fused-ring (bicyclic) bond motifs is 1. The Hall–Kier alpha value is -2.62. The van der Waals surface area contributed by atoms with Gasteiger partial charge in [-0.25, -0.2) is 0 Å². The van der Waals surface area contributed by atoms with Crippen LogP contribution >= 0.6 is 0 Å². The lowest BCUT2D eigenvalue weighted by atomic mass is 9.88. The molecule has 1 aliphatic rings. The molecule has 4 heteroatoms. The Morgan fingerprint density at radius 3 is 2.44 bits per heavy atom. The standard InChI is InChI=1S/C23H28N2O2/c1-16(2)18-12-6-7-13-19(18)24-21(26)23(3,4)22(27)25-15-9-11-17-10-5-8-14-20(17)25/h5-8,10,12-14,16H,9,11,15H2,1-4H3,(H,24,26). The number of carbonyl (C=O) groups is 2. The average Bonchev–Trinajstić information content (AvgIpc) is 2.67. The molecule has 0 saturated carbocycles. The van der Waals surface area contributed by atoms with Gasteiger partial charge in [-0.1, -0.05) is 50.2 Å². The Kier molecular flexibility index (Phi) is 5.36. The number of benzene rings is 2. The summed E-state index contributed by atoms with van der Waals surface area (Å²) >= 11 is 0. The van der Waals surface area contributed by atoms with Crippen LogP contribution in [-0.2, 0) is 16.0 Å². The molecule has 0 spiro atoms. The molecule has 0 radical (unpaired) electrons. The molecule has 0 aromatic heterocycles. The van der Waals surface area contributed by atoms with Crippen LogP contribution in [0.5, 0.6) is 0 Å². The number of carbonyl (C=O) groups excluding carboxylic acids is 2. The first-order valence-corrected chi connectivity index (χ1v) is 9.62. The third kappa shape index (κ3) is 3.75. The van der Waals surface area contributed by atoms with Crippen LogP contribution in [0.4, 0.5) is 11.4 Å². The largest absolute Gasteiger partial charge is 0.325 e. The first kappa shape index (κ1) is 19.2. The lowest BCUT2D eigenvalue weighted by molar-refractivity contribution is -0.136. The maximum Gasteiger partial charge on any atom is 0.242 e. The smallest absolute Gasteiger partial charge is 0.242 e. The van der Waals surface area contributed by atoms with Crippen molar-refractivity contribution in [1.29, 1.82) is 0 Å². The first-order valence-electron chi connectivity index (χ1n) is 9.62. The molecule has 0 atom stereocenters. The van der Waals surface area contributed by atoms with Crippen molar-refractivity contribution in [2.75, 3.05) is 16.8 Å². The van der Waals surface area contributed by atoms with Crippen molar-refractivity contribution in [3.05, 3.63) is 59.7 Å². The van der Waals surface area contributed by atoms with Crippen LogP contribution < -0.4 is 10.2 Å². The first-order chi connectivity index (χ1) is 12.8. The van der Waals surface area contributed by atoms with Crippen molar-refractivity contribution in [2.45, 2.75) is 46.5 Å². The van der Waals surface area contributed by atoms with Crippen molar-refractivity contribution in [3.8, 4) is 0 Å². The Bertz CT molecular complexity index is 855. The van der Waals surface area contributed by atoms with Gasteiger partial charge in [0, 0.05) is 17.9 Å². The molecule has 0 unspecified atom stereocenters. The number of hydrogen-bond donors (Lipinski definition) is 1. The predicted molar refractivity (Wildman–Crippen MR) is 110 cm³/mol. The van der Waals surface area contributed by atoms with E-state index in [-0.39, 0.29) is 17.7 Å². The summed E-state index contributed by atoms with van der Waals surface area (Å²) < 4.78 is 0. The Morgan fingerprint density at radius 2 is 1.70 bits per heavy atom. The van der Waals surface area contributed by atoms with Gasteiger partial charge < -0.3 is 10.2 Å². The van der Waals surface area contributed by atoms with E-state index < -0.39 is 5.41 Å². The minimum absolute atomic E-state index is 0.158. The van der Waals surface area contributed by atoms with E-state index in [0.29, 0.717) is 6.54 Å². The van der Waals surface area contributed by atoms with Gasteiger partial charge in [-0.3, -0.25) is 9.59 Å². The number of nitrogens with one attached hydrogen (secondary N) is 1. The highest BCUT2D eigenvalue weighted by molar-refractivity contribution is 6.15. The molecule has 0 bridgehead atoms. The molecule has 1 N–H and O–H groups in total. The van der Waals surface area contributed by atoms with E-state index in [4.69, 9.17) is 0 Å². The molecule has 0 aliphatic carbocycles. The van der Waals surface area contributed by atoms with E-state index in [2.05, 4.69) is 25.2 Å². The van der Waals surface area contributed by atoms with E-state index in [0.717, 1.165) is 29.8 Å². The fourth-order valence-corrected chi connectivity index (χ4v) is 3.57.